The Morgan fingerprint density at radius 2 is 2.00 bits per heavy atom. The number of rotatable bonds is 4. The summed E-state index contributed by atoms with van der Waals surface area (Å²) in [5.74, 6) is -0.168. The van der Waals surface area contributed by atoms with E-state index in [0.29, 0.717) is 12.8 Å². The molecule has 0 bridgehead atoms. The van der Waals surface area contributed by atoms with Gasteiger partial charge in [-0.1, -0.05) is 6.08 Å². The Balaban J connectivity index is 0. The summed E-state index contributed by atoms with van der Waals surface area (Å²) < 4.78 is 28.2. The first-order valence-corrected chi connectivity index (χ1v) is 4.23. The van der Waals surface area contributed by atoms with Crippen molar-refractivity contribution in [3.05, 3.63) is 12.7 Å². The third-order valence-corrected chi connectivity index (χ3v) is 1.62. The SMILES string of the molecule is C=CCCCS(=O)(=O)O.[NaH]. The van der Waals surface area contributed by atoms with Gasteiger partial charge in [-0.15, -0.1) is 6.58 Å². The maximum absolute atomic E-state index is 10.0. The molecule has 0 aromatic heterocycles. The van der Waals surface area contributed by atoms with Gasteiger partial charge >= 0.3 is 29.6 Å². The molecular formula is C5H11NaO3S. The van der Waals surface area contributed by atoms with Gasteiger partial charge in [0, 0.05) is 0 Å². The molecular weight excluding hydrogens is 163 g/mol. The van der Waals surface area contributed by atoms with E-state index in [-0.39, 0.29) is 35.3 Å². The van der Waals surface area contributed by atoms with Gasteiger partial charge in [0.05, 0.1) is 5.75 Å². The third kappa shape index (κ3) is 11.4. The van der Waals surface area contributed by atoms with E-state index >= 15 is 0 Å². The molecule has 0 saturated carbocycles. The molecule has 0 aliphatic carbocycles. The molecule has 1 N–H and O–H groups in total. The fourth-order valence-electron chi connectivity index (χ4n) is 0.410. The van der Waals surface area contributed by atoms with Gasteiger partial charge < -0.3 is 0 Å². The van der Waals surface area contributed by atoms with Crippen LogP contribution in [-0.4, -0.2) is 48.3 Å². The van der Waals surface area contributed by atoms with E-state index in [1.165, 1.54) is 0 Å². The summed E-state index contributed by atoms with van der Waals surface area (Å²) in [7, 11) is -3.74. The molecule has 3 nitrogen and oxygen atoms in total. The Morgan fingerprint density at radius 1 is 1.50 bits per heavy atom. The second-order valence-electron chi connectivity index (χ2n) is 1.72. The van der Waals surface area contributed by atoms with Crippen LogP contribution in [0.2, 0.25) is 0 Å². The van der Waals surface area contributed by atoms with E-state index in [1.807, 2.05) is 0 Å². The van der Waals surface area contributed by atoms with Crippen LogP contribution in [0, 0.1) is 0 Å². The van der Waals surface area contributed by atoms with Crippen LogP contribution in [-0.2, 0) is 10.1 Å². The second-order valence-corrected chi connectivity index (χ2v) is 3.29. The topological polar surface area (TPSA) is 54.4 Å². The fraction of sp³-hybridized carbons (Fsp3) is 0.600. The van der Waals surface area contributed by atoms with Crippen LogP contribution in [0.1, 0.15) is 12.8 Å². The van der Waals surface area contributed by atoms with Crippen molar-refractivity contribution in [2.75, 3.05) is 5.75 Å². The summed E-state index contributed by atoms with van der Waals surface area (Å²) in [6.45, 7) is 3.40. The van der Waals surface area contributed by atoms with Crippen LogP contribution < -0.4 is 0 Å². The van der Waals surface area contributed by atoms with E-state index in [4.69, 9.17) is 4.55 Å². The Labute approximate surface area is 83.6 Å². The molecule has 56 valence electrons. The van der Waals surface area contributed by atoms with Crippen molar-refractivity contribution in [3.8, 4) is 0 Å². The van der Waals surface area contributed by atoms with E-state index in [2.05, 4.69) is 6.58 Å². The third-order valence-electron chi connectivity index (χ3n) is 0.811. The molecule has 0 saturated heterocycles. The van der Waals surface area contributed by atoms with Crippen molar-refractivity contribution in [2.24, 2.45) is 0 Å². The van der Waals surface area contributed by atoms with Crippen LogP contribution in [0.4, 0.5) is 0 Å². The van der Waals surface area contributed by atoms with Crippen LogP contribution in [0.3, 0.4) is 0 Å². The number of allylic oxidation sites excluding steroid dienone is 1. The minimum atomic E-state index is -3.74. The van der Waals surface area contributed by atoms with E-state index < -0.39 is 10.1 Å². The predicted octanol–water partition coefficient (Wildman–Crippen LogP) is 0.192. The molecule has 0 atom stereocenters. The first kappa shape index (κ1) is 13.3. The van der Waals surface area contributed by atoms with Gasteiger partial charge in [0.15, 0.2) is 0 Å². The van der Waals surface area contributed by atoms with Gasteiger partial charge in [-0.25, -0.2) is 0 Å². The van der Waals surface area contributed by atoms with Crippen molar-refractivity contribution in [3.63, 3.8) is 0 Å². The first-order chi connectivity index (χ1) is 4.06. The molecule has 10 heavy (non-hydrogen) atoms. The van der Waals surface area contributed by atoms with Gasteiger partial charge in [-0.3, -0.25) is 4.55 Å². The molecule has 5 heteroatoms. The predicted molar refractivity (Wildman–Crippen MR) is 43.0 cm³/mol. The van der Waals surface area contributed by atoms with E-state index in [9.17, 15) is 8.42 Å². The Bertz CT molecular complexity index is 173. The summed E-state index contributed by atoms with van der Waals surface area (Å²) in [5.41, 5.74) is 0. The molecule has 0 aromatic carbocycles. The number of hydrogen-bond donors (Lipinski definition) is 1. The van der Waals surface area contributed by atoms with Crippen LogP contribution in [0.5, 0.6) is 0 Å². The molecule has 0 heterocycles. The molecule has 0 amide bonds. The minimum absolute atomic E-state index is 0. The van der Waals surface area contributed by atoms with Crippen LogP contribution in [0.25, 0.3) is 0 Å². The summed E-state index contributed by atoms with van der Waals surface area (Å²) >= 11 is 0. The Kier molecular flexibility index (Phi) is 8.44. The molecule has 0 aliphatic rings. The normalized spacial score (nSPS) is 10.1. The zero-order chi connectivity index (χ0) is 7.33. The maximum atomic E-state index is 10.0. The number of hydrogen-bond acceptors (Lipinski definition) is 2. The zero-order valence-corrected chi connectivity index (χ0v) is 5.89. The van der Waals surface area contributed by atoms with Gasteiger partial charge in [0.2, 0.25) is 0 Å². The molecule has 0 radical (unpaired) electrons. The quantitative estimate of drug-likeness (QED) is 0.286. The van der Waals surface area contributed by atoms with Gasteiger partial charge in [0.25, 0.3) is 10.1 Å². The monoisotopic (exact) mass is 174 g/mol. The summed E-state index contributed by atoms with van der Waals surface area (Å²) in [6.07, 6.45) is 2.69. The average molecular weight is 174 g/mol. The van der Waals surface area contributed by atoms with Gasteiger partial charge in [0.1, 0.15) is 0 Å². The molecule has 0 fully saturated rings. The molecule has 0 rings (SSSR count). The van der Waals surface area contributed by atoms with Crippen molar-refractivity contribution in [1.29, 1.82) is 0 Å². The van der Waals surface area contributed by atoms with Crippen molar-refractivity contribution >= 4 is 39.7 Å². The molecule has 0 aliphatic heterocycles. The van der Waals surface area contributed by atoms with Gasteiger partial charge in [-0.05, 0) is 12.8 Å². The standard InChI is InChI=1S/C5H10O3S.Na.H/c1-2-3-4-5-9(6,7)8;;/h2H,1,3-5H2,(H,6,7,8);;. The van der Waals surface area contributed by atoms with Crippen LogP contribution in [0.15, 0.2) is 12.7 Å². The first-order valence-electron chi connectivity index (χ1n) is 2.62. The van der Waals surface area contributed by atoms with Crippen molar-refractivity contribution in [2.45, 2.75) is 12.8 Å². The number of unbranched alkanes of at least 4 members (excludes halogenated alkanes) is 1. The second kappa shape index (κ2) is 6.37. The molecule has 0 unspecified atom stereocenters. The van der Waals surface area contributed by atoms with E-state index in [1.54, 1.807) is 6.08 Å². The summed E-state index contributed by atoms with van der Waals surface area (Å²) in [6, 6.07) is 0. The zero-order valence-electron chi connectivity index (χ0n) is 5.08. The summed E-state index contributed by atoms with van der Waals surface area (Å²) in [4.78, 5) is 0. The summed E-state index contributed by atoms with van der Waals surface area (Å²) in [5, 5.41) is 0. The fourth-order valence-corrected chi connectivity index (χ4v) is 0.942. The Hall–Kier alpha value is 0.650. The Morgan fingerprint density at radius 3 is 2.30 bits per heavy atom. The average Bonchev–Trinajstić information content (AvgIpc) is 1.63. The molecule has 0 spiro atoms. The van der Waals surface area contributed by atoms with Crippen molar-refractivity contribution < 1.29 is 13.0 Å². The van der Waals surface area contributed by atoms with Crippen LogP contribution >= 0.6 is 0 Å². The van der Waals surface area contributed by atoms with Gasteiger partial charge in [-0.2, -0.15) is 8.42 Å². The van der Waals surface area contributed by atoms with Crippen molar-refractivity contribution in [1.82, 2.24) is 0 Å². The molecule has 0 aromatic rings. The van der Waals surface area contributed by atoms with E-state index in [0.717, 1.165) is 0 Å².